The van der Waals surface area contributed by atoms with E-state index in [0.29, 0.717) is 28.7 Å². The molecule has 1 aliphatic carbocycles. The SMILES string of the molecule is CCOC(=O)c1csc(-n2nc(-c3ccc(I)c(Br)c3)c(Cc3ccc(S(N)(=O)=O)c(F)c3)c2CC2CC2)n1. The van der Waals surface area contributed by atoms with Crippen LogP contribution in [0.4, 0.5) is 4.39 Å². The number of halogens is 3. The number of nitrogens with two attached hydrogens (primary N) is 1. The van der Waals surface area contributed by atoms with Gasteiger partial charge in [0.15, 0.2) is 5.69 Å². The molecule has 0 saturated heterocycles. The molecular weight excluding hydrogens is 722 g/mol. The molecule has 1 aliphatic rings. The monoisotopic (exact) mass is 744 g/mol. The zero-order valence-electron chi connectivity index (χ0n) is 20.7. The highest BCUT2D eigenvalue weighted by Gasteiger charge is 2.30. The molecule has 0 aliphatic heterocycles. The molecular formula is C26H23BrFIN4O4S2. The Balaban J connectivity index is 1.66. The molecule has 0 atom stereocenters. The Morgan fingerprint density at radius 1 is 1.28 bits per heavy atom. The standard InChI is InChI=1S/C26H23BrFIN4O4S2/c1-2-37-25(34)21-13-38-26(31-21)33-22(11-14-3-4-14)17(24(32-33)16-6-7-20(29)18(27)12-16)9-15-5-8-23(19(28)10-15)39(30,35)36/h5-8,10,12-14H,2-4,9,11H2,1H3,(H2,30,35,36). The number of benzene rings is 2. The molecule has 13 heteroatoms. The van der Waals surface area contributed by atoms with Gasteiger partial charge in [0.1, 0.15) is 10.7 Å². The van der Waals surface area contributed by atoms with E-state index in [4.69, 9.17) is 15.0 Å². The van der Waals surface area contributed by atoms with Gasteiger partial charge in [0.25, 0.3) is 0 Å². The molecule has 0 bridgehead atoms. The van der Waals surface area contributed by atoms with Crippen molar-refractivity contribution in [3.05, 3.63) is 78.2 Å². The van der Waals surface area contributed by atoms with Crippen molar-refractivity contribution in [2.75, 3.05) is 6.61 Å². The van der Waals surface area contributed by atoms with Crippen molar-refractivity contribution in [1.29, 1.82) is 0 Å². The van der Waals surface area contributed by atoms with Crippen molar-refractivity contribution < 1.29 is 22.3 Å². The quantitative estimate of drug-likeness (QED) is 0.169. The number of carbonyl (C=O) groups excluding carboxylic acids is 1. The van der Waals surface area contributed by atoms with Crippen LogP contribution in [0, 0.1) is 15.3 Å². The number of nitrogens with zero attached hydrogens (tertiary/aromatic N) is 3. The van der Waals surface area contributed by atoms with Crippen LogP contribution in [0.1, 0.15) is 47.1 Å². The Hall–Kier alpha value is -2.20. The molecule has 8 nitrogen and oxygen atoms in total. The fraction of sp³-hybridized carbons (Fsp3) is 0.269. The van der Waals surface area contributed by atoms with Gasteiger partial charge >= 0.3 is 5.97 Å². The average Bonchev–Trinajstić information content (AvgIpc) is 3.43. The maximum Gasteiger partial charge on any atom is 0.357 e. The van der Waals surface area contributed by atoms with Gasteiger partial charge in [0.2, 0.25) is 15.2 Å². The number of aromatic nitrogens is 3. The van der Waals surface area contributed by atoms with Gasteiger partial charge in [-0.2, -0.15) is 5.10 Å². The number of ether oxygens (including phenoxy) is 1. The summed E-state index contributed by atoms with van der Waals surface area (Å²) in [5, 5.41) is 12.3. The molecule has 1 saturated carbocycles. The van der Waals surface area contributed by atoms with Crippen molar-refractivity contribution in [1.82, 2.24) is 14.8 Å². The normalized spacial score (nSPS) is 13.6. The summed E-state index contributed by atoms with van der Waals surface area (Å²) >= 11 is 7.13. The molecule has 2 aromatic heterocycles. The third-order valence-corrected chi connectivity index (χ3v) is 10.4. The van der Waals surface area contributed by atoms with Crippen molar-refractivity contribution in [3.8, 4) is 16.4 Å². The van der Waals surface area contributed by atoms with Gasteiger partial charge in [-0.25, -0.2) is 32.4 Å². The number of thiazole rings is 1. The first-order chi connectivity index (χ1) is 18.5. The number of carbonyl (C=O) groups is 1. The molecule has 4 aromatic rings. The van der Waals surface area contributed by atoms with E-state index in [2.05, 4.69) is 43.5 Å². The van der Waals surface area contributed by atoms with E-state index >= 15 is 0 Å². The van der Waals surface area contributed by atoms with E-state index < -0.39 is 26.7 Å². The minimum absolute atomic E-state index is 0.213. The third-order valence-electron chi connectivity index (χ3n) is 6.30. The third kappa shape index (κ3) is 6.26. The smallest absolute Gasteiger partial charge is 0.357 e. The molecule has 0 amide bonds. The fourth-order valence-electron chi connectivity index (χ4n) is 4.26. The van der Waals surface area contributed by atoms with Gasteiger partial charge in [-0.15, -0.1) is 11.3 Å². The number of hydrogen-bond acceptors (Lipinski definition) is 7. The summed E-state index contributed by atoms with van der Waals surface area (Å²) in [6, 6.07) is 9.89. The summed E-state index contributed by atoms with van der Waals surface area (Å²) in [4.78, 5) is 16.3. The highest BCUT2D eigenvalue weighted by Crippen LogP contribution is 2.39. The van der Waals surface area contributed by atoms with Gasteiger partial charge in [-0.1, -0.05) is 12.1 Å². The Bertz CT molecular complexity index is 1690. The number of hydrogen-bond donors (Lipinski definition) is 1. The Labute approximate surface area is 251 Å². The van der Waals surface area contributed by atoms with Crippen LogP contribution in [-0.4, -0.2) is 35.8 Å². The Kier molecular flexibility index (Phi) is 8.25. The molecule has 39 heavy (non-hydrogen) atoms. The van der Waals surface area contributed by atoms with E-state index in [1.165, 1.54) is 23.5 Å². The molecule has 0 spiro atoms. The minimum atomic E-state index is -4.18. The molecule has 2 aromatic carbocycles. The second-order valence-corrected chi connectivity index (χ2v) is 13.6. The Morgan fingerprint density at radius 2 is 2.05 bits per heavy atom. The predicted octanol–water partition coefficient (Wildman–Crippen LogP) is 5.87. The summed E-state index contributed by atoms with van der Waals surface area (Å²) in [7, 11) is -4.18. The van der Waals surface area contributed by atoms with E-state index in [9.17, 15) is 17.6 Å². The van der Waals surface area contributed by atoms with Crippen LogP contribution < -0.4 is 5.14 Å². The zero-order valence-corrected chi connectivity index (χ0v) is 26.0. The van der Waals surface area contributed by atoms with Gasteiger partial charge in [0, 0.05) is 31.0 Å². The minimum Gasteiger partial charge on any atom is -0.461 e. The lowest BCUT2D eigenvalue weighted by molar-refractivity contribution is 0.0520. The molecule has 5 rings (SSSR count). The summed E-state index contributed by atoms with van der Waals surface area (Å²) < 4.78 is 47.1. The molecule has 0 radical (unpaired) electrons. The molecule has 2 N–H and O–H groups in total. The van der Waals surface area contributed by atoms with Crippen LogP contribution in [0.2, 0.25) is 0 Å². The lowest BCUT2D eigenvalue weighted by atomic mass is 9.97. The molecule has 2 heterocycles. The Morgan fingerprint density at radius 3 is 2.69 bits per heavy atom. The van der Waals surface area contributed by atoms with Crippen molar-refractivity contribution in [2.45, 2.75) is 37.5 Å². The first-order valence-electron chi connectivity index (χ1n) is 12.1. The maximum atomic E-state index is 14.8. The van der Waals surface area contributed by atoms with E-state index in [1.54, 1.807) is 23.1 Å². The largest absolute Gasteiger partial charge is 0.461 e. The van der Waals surface area contributed by atoms with E-state index in [-0.39, 0.29) is 12.3 Å². The first kappa shape index (κ1) is 28.3. The van der Waals surface area contributed by atoms with Gasteiger partial charge in [-0.3, -0.25) is 0 Å². The highest BCUT2D eigenvalue weighted by molar-refractivity contribution is 14.1. The second kappa shape index (κ2) is 11.4. The zero-order chi connectivity index (χ0) is 27.9. The average molecular weight is 745 g/mol. The van der Waals surface area contributed by atoms with Crippen LogP contribution in [-0.2, 0) is 27.6 Å². The van der Waals surface area contributed by atoms with Crippen LogP contribution >= 0.6 is 49.9 Å². The van der Waals surface area contributed by atoms with E-state index in [1.807, 2.05) is 18.2 Å². The number of sulfonamides is 1. The van der Waals surface area contributed by atoms with Crippen molar-refractivity contribution in [3.63, 3.8) is 0 Å². The first-order valence-corrected chi connectivity index (χ1v) is 16.3. The van der Waals surface area contributed by atoms with Crippen molar-refractivity contribution >= 4 is 65.9 Å². The van der Waals surface area contributed by atoms with Crippen LogP contribution in [0.15, 0.2) is 51.1 Å². The maximum absolute atomic E-state index is 14.8. The summed E-state index contributed by atoms with van der Waals surface area (Å²) in [6.45, 7) is 1.99. The number of rotatable bonds is 9. The number of primary sulfonamides is 1. The van der Waals surface area contributed by atoms with Crippen LogP contribution in [0.5, 0.6) is 0 Å². The molecule has 0 unspecified atom stereocenters. The fourth-order valence-corrected chi connectivity index (χ4v) is 6.33. The van der Waals surface area contributed by atoms with Gasteiger partial charge in [0.05, 0.1) is 18.0 Å². The van der Waals surface area contributed by atoms with Crippen LogP contribution in [0.25, 0.3) is 16.4 Å². The van der Waals surface area contributed by atoms with E-state index in [0.717, 1.165) is 44.1 Å². The highest BCUT2D eigenvalue weighted by atomic mass is 127. The summed E-state index contributed by atoms with van der Waals surface area (Å²) in [6.07, 6.45) is 3.23. The summed E-state index contributed by atoms with van der Waals surface area (Å²) in [5.41, 5.74) is 4.15. The predicted molar refractivity (Wildman–Crippen MR) is 158 cm³/mol. The molecule has 1 fully saturated rings. The van der Waals surface area contributed by atoms with Crippen LogP contribution in [0.3, 0.4) is 0 Å². The van der Waals surface area contributed by atoms with Crippen molar-refractivity contribution in [2.24, 2.45) is 11.1 Å². The topological polar surface area (TPSA) is 117 Å². The van der Waals surface area contributed by atoms with Gasteiger partial charge in [-0.05, 0) is 100 Å². The lowest BCUT2D eigenvalue weighted by Crippen LogP contribution is -2.14. The van der Waals surface area contributed by atoms with Gasteiger partial charge < -0.3 is 4.74 Å². The number of esters is 1. The second-order valence-electron chi connectivity index (χ2n) is 9.18. The summed E-state index contributed by atoms with van der Waals surface area (Å²) in [5.74, 6) is -0.909. The lowest BCUT2D eigenvalue weighted by Gasteiger charge is -2.10. The molecule has 204 valence electrons.